The fraction of sp³-hybridized carbons (Fsp3) is 0.588. The van der Waals surface area contributed by atoms with Gasteiger partial charge >= 0.3 is 0 Å². The van der Waals surface area contributed by atoms with Crippen LogP contribution in [0.5, 0.6) is 11.5 Å². The highest BCUT2D eigenvalue weighted by molar-refractivity contribution is 5.95. The second kappa shape index (κ2) is 8.03. The van der Waals surface area contributed by atoms with Crippen LogP contribution < -0.4 is 20.1 Å². The van der Waals surface area contributed by atoms with Crippen LogP contribution >= 0.6 is 0 Å². The van der Waals surface area contributed by atoms with Crippen molar-refractivity contribution in [3.63, 3.8) is 0 Å². The quantitative estimate of drug-likeness (QED) is 0.847. The molecule has 0 aromatic heterocycles. The monoisotopic (exact) mass is 306 g/mol. The molecule has 1 aliphatic rings. The predicted molar refractivity (Wildman–Crippen MR) is 86.7 cm³/mol. The molecule has 1 aromatic carbocycles. The Morgan fingerprint density at radius 3 is 2.68 bits per heavy atom. The first-order valence-electron chi connectivity index (χ1n) is 8.09. The highest BCUT2D eigenvalue weighted by Crippen LogP contribution is 2.28. The molecule has 0 bridgehead atoms. The van der Waals surface area contributed by atoms with Crippen molar-refractivity contribution in [3.8, 4) is 11.5 Å². The number of benzene rings is 1. The van der Waals surface area contributed by atoms with E-state index in [1.807, 2.05) is 13.8 Å². The highest BCUT2D eigenvalue weighted by atomic mass is 16.5. The van der Waals surface area contributed by atoms with E-state index in [1.165, 1.54) is 0 Å². The number of nitrogens with one attached hydrogen (secondary N) is 2. The summed E-state index contributed by atoms with van der Waals surface area (Å²) in [6.45, 7) is 8.07. The van der Waals surface area contributed by atoms with E-state index in [4.69, 9.17) is 9.47 Å². The molecule has 1 heterocycles. The molecule has 1 aliphatic heterocycles. The zero-order chi connectivity index (χ0) is 15.9. The molecule has 1 aromatic rings. The minimum Gasteiger partial charge on any atom is -0.490 e. The largest absolute Gasteiger partial charge is 0.490 e. The lowest BCUT2D eigenvalue weighted by molar-refractivity contribution is 0.0919. The molecule has 5 heteroatoms. The number of hydrogen-bond donors (Lipinski definition) is 2. The van der Waals surface area contributed by atoms with Gasteiger partial charge in [0.1, 0.15) is 0 Å². The Morgan fingerprint density at radius 2 is 2.00 bits per heavy atom. The van der Waals surface area contributed by atoms with Gasteiger partial charge in [0.15, 0.2) is 11.5 Å². The van der Waals surface area contributed by atoms with Gasteiger partial charge in [-0.2, -0.15) is 0 Å². The number of rotatable bonds is 6. The maximum atomic E-state index is 12.4. The zero-order valence-corrected chi connectivity index (χ0v) is 13.6. The van der Waals surface area contributed by atoms with E-state index >= 15 is 0 Å². The minimum absolute atomic E-state index is 0.0652. The van der Waals surface area contributed by atoms with Gasteiger partial charge in [0, 0.05) is 17.6 Å². The average molecular weight is 306 g/mol. The number of piperidine rings is 1. The van der Waals surface area contributed by atoms with E-state index in [1.54, 1.807) is 18.2 Å². The standard InChI is InChI=1S/C17H26N2O3/c1-4-21-15-9-8-13(11-16(15)22-5-2)17(20)19-14-7-6-10-18-12(14)3/h8-9,11-12,14,18H,4-7,10H2,1-3H3,(H,19,20)/t12-,14+/m0/s1. The van der Waals surface area contributed by atoms with Gasteiger partial charge in [0.2, 0.25) is 0 Å². The Labute approximate surface area is 132 Å². The normalized spacial score (nSPS) is 21.2. The van der Waals surface area contributed by atoms with E-state index < -0.39 is 0 Å². The summed E-state index contributed by atoms with van der Waals surface area (Å²) in [5.41, 5.74) is 0.602. The number of carbonyl (C=O) groups excluding carboxylic acids is 1. The molecule has 2 atom stereocenters. The van der Waals surface area contributed by atoms with Crippen LogP contribution in [-0.2, 0) is 0 Å². The van der Waals surface area contributed by atoms with Crippen LogP contribution in [0.3, 0.4) is 0 Å². The van der Waals surface area contributed by atoms with Crippen molar-refractivity contribution >= 4 is 5.91 Å². The SMILES string of the molecule is CCOc1ccc(C(=O)N[C@@H]2CCCN[C@H]2C)cc1OCC. The number of amides is 1. The van der Waals surface area contributed by atoms with Crippen molar-refractivity contribution in [1.29, 1.82) is 0 Å². The second-order valence-corrected chi connectivity index (χ2v) is 5.49. The predicted octanol–water partition coefficient (Wildman–Crippen LogP) is 2.35. The molecule has 22 heavy (non-hydrogen) atoms. The summed E-state index contributed by atoms with van der Waals surface area (Å²) < 4.78 is 11.1. The van der Waals surface area contributed by atoms with Crippen molar-refractivity contribution in [3.05, 3.63) is 23.8 Å². The van der Waals surface area contributed by atoms with E-state index in [0.29, 0.717) is 36.3 Å². The van der Waals surface area contributed by atoms with Gasteiger partial charge in [0.05, 0.1) is 13.2 Å². The lowest BCUT2D eigenvalue weighted by atomic mass is 9.99. The first-order valence-corrected chi connectivity index (χ1v) is 8.09. The molecule has 0 spiro atoms. The molecule has 122 valence electrons. The lowest BCUT2D eigenvalue weighted by Gasteiger charge is -2.30. The van der Waals surface area contributed by atoms with Crippen LogP contribution in [0.1, 0.15) is 44.0 Å². The van der Waals surface area contributed by atoms with Crippen molar-refractivity contribution in [2.45, 2.75) is 45.7 Å². The van der Waals surface area contributed by atoms with E-state index in [-0.39, 0.29) is 11.9 Å². The lowest BCUT2D eigenvalue weighted by Crippen LogP contribution is -2.51. The Bertz CT molecular complexity index is 505. The molecule has 0 aliphatic carbocycles. The highest BCUT2D eigenvalue weighted by Gasteiger charge is 2.23. The Kier molecular flexibility index (Phi) is 6.07. The summed E-state index contributed by atoms with van der Waals surface area (Å²) >= 11 is 0. The van der Waals surface area contributed by atoms with Crippen molar-refractivity contribution in [1.82, 2.24) is 10.6 Å². The van der Waals surface area contributed by atoms with Crippen LogP contribution in [0, 0.1) is 0 Å². The molecular weight excluding hydrogens is 280 g/mol. The summed E-state index contributed by atoms with van der Waals surface area (Å²) in [6, 6.07) is 5.80. The van der Waals surface area contributed by atoms with Crippen LogP contribution in [0.4, 0.5) is 0 Å². The smallest absolute Gasteiger partial charge is 0.251 e. The molecule has 1 fully saturated rings. The third kappa shape index (κ3) is 4.13. The molecular formula is C17H26N2O3. The zero-order valence-electron chi connectivity index (χ0n) is 13.6. The molecule has 2 N–H and O–H groups in total. The van der Waals surface area contributed by atoms with Crippen molar-refractivity contribution in [2.75, 3.05) is 19.8 Å². The van der Waals surface area contributed by atoms with Crippen LogP contribution in [0.15, 0.2) is 18.2 Å². The molecule has 5 nitrogen and oxygen atoms in total. The Hall–Kier alpha value is -1.75. The summed E-state index contributed by atoms with van der Waals surface area (Å²) in [5, 5.41) is 6.49. The topological polar surface area (TPSA) is 59.6 Å². The van der Waals surface area contributed by atoms with Crippen LogP contribution in [0.25, 0.3) is 0 Å². The van der Waals surface area contributed by atoms with Crippen molar-refractivity contribution < 1.29 is 14.3 Å². The van der Waals surface area contributed by atoms with E-state index in [9.17, 15) is 4.79 Å². The number of carbonyl (C=O) groups is 1. The molecule has 1 amide bonds. The van der Waals surface area contributed by atoms with E-state index in [2.05, 4.69) is 17.6 Å². The summed E-state index contributed by atoms with van der Waals surface area (Å²) in [4.78, 5) is 12.4. The molecule has 0 saturated carbocycles. The summed E-state index contributed by atoms with van der Waals surface area (Å²) in [5.74, 6) is 1.23. The average Bonchev–Trinajstić information content (AvgIpc) is 2.51. The fourth-order valence-corrected chi connectivity index (χ4v) is 2.69. The number of ether oxygens (including phenoxy) is 2. The molecule has 0 unspecified atom stereocenters. The van der Waals surface area contributed by atoms with Crippen LogP contribution in [0.2, 0.25) is 0 Å². The van der Waals surface area contributed by atoms with Gasteiger partial charge in [-0.15, -0.1) is 0 Å². The molecule has 0 radical (unpaired) electrons. The fourth-order valence-electron chi connectivity index (χ4n) is 2.69. The van der Waals surface area contributed by atoms with Crippen LogP contribution in [-0.4, -0.2) is 37.7 Å². The van der Waals surface area contributed by atoms with Gasteiger partial charge in [-0.1, -0.05) is 0 Å². The first kappa shape index (κ1) is 16.6. The first-order chi connectivity index (χ1) is 10.7. The van der Waals surface area contributed by atoms with Gasteiger partial charge in [-0.25, -0.2) is 0 Å². The van der Waals surface area contributed by atoms with E-state index in [0.717, 1.165) is 19.4 Å². The second-order valence-electron chi connectivity index (χ2n) is 5.49. The third-order valence-corrected chi connectivity index (χ3v) is 3.88. The molecule has 2 rings (SSSR count). The van der Waals surface area contributed by atoms with Crippen molar-refractivity contribution in [2.24, 2.45) is 0 Å². The Balaban J connectivity index is 2.09. The van der Waals surface area contributed by atoms with Gasteiger partial charge in [0.25, 0.3) is 5.91 Å². The maximum Gasteiger partial charge on any atom is 0.251 e. The summed E-state index contributed by atoms with van der Waals surface area (Å²) in [6.07, 6.45) is 2.10. The number of hydrogen-bond acceptors (Lipinski definition) is 4. The maximum absolute atomic E-state index is 12.4. The van der Waals surface area contributed by atoms with Gasteiger partial charge in [-0.3, -0.25) is 4.79 Å². The Morgan fingerprint density at radius 1 is 1.27 bits per heavy atom. The summed E-state index contributed by atoms with van der Waals surface area (Å²) in [7, 11) is 0. The minimum atomic E-state index is -0.0652. The van der Waals surface area contributed by atoms with Gasteiger partial charge < -0.3 is 20.1 Å². The third-order valence-electron chi connectivity index (χ3n) is 3.88. The molecule has 1 saturated heterocycles. The van der Waals surface area contributed by atoms with Gasteiger partial charge in [-0.05, 0) is 58.4 Å².